The number of nitrogens with zero attached hydrogens (tertiary/aromatic N) is 3. The first kappa shape index (κ1) is 36.7. The summed E-state index contributed by atoms with van der Waals surface area (Å²) in [6, 6.07) is 9.46. The van der Waals surface area contributed by atoms with Crippen molar-refractivity contribution >= 4 is 64.5 Å². The summed E-state index contributed by atoms with van der Waals surface area (Å²) in [7, 11) is -4.81. The number of nitrogen functional groups attached to an aromatic ring is 1. The second-order valence-electron chi connectivity index (χ2n) is 9.89. The fourth-order valence-corrected chi connectivity index (χ4v) is 5.83. The summed E-state index contributed by atoms with van der Waals surface area (Å²) in [6.07, 6.45) is 0.503. The number of rotatable bonds is 9. The third kappa shape index (κ3) is 9.50. The second-order valence-corrected chi connectivity index (χ2v) is 11.4. The van der Waals surface area contributed by atoms with Crippen LogP contribution in [0.5, 0.6) is 5.75 Å². The van der Waals surface area contributed by atoms with E-state index < -0.39 is 46.4 Å². The van der Waals surface area contributed by atoms with Crippen molar-refractivity contribution in [3.8, 4) is 5.75 Å². The minimum atomic E-state index is -4.86. The number of carbonyl (C=O) groups excluding carboxylic acids is 1. The van der Waals surface area contributed by atoms with Crippen LogP contribution in [0.25, 0.3) is 6.08 Å². The van der Waals surface area contributed by atoms with Gasteiger partial charge in [0.2, 0.25) is 0 Å². The van der Waals surface area contributed by atoms with Crippen LogP contribution in [-0.4, -0.2) is 63.2 Å². The van der Waals surface area contributed by atoms with Gasteiger partial charge in [-0.25, -0.2) is 4.31 Å². The predicted molar refractivity (Wildman–Crippen MR) is 167 cm³/mol. The van der Waals surface area contributed by atoms with Crippen molar-refractivity contribution in [2.75, 3.05) is 30.5 Å². The Bertz CT molecular complexity index is 1500. The van der Waals surface area contributed by atoms with Crippen LogP contribution in [0.2, 0.25) is 0 Å². The zero-order valence-electron chi connectivity index (χ0n) is 23.7. The Morgan fingerprint density at radius 1 is 1.18 bits per heavy atom. The van der Waals surface area contributed by atoms with Crippen molar-refractivity contribution in [3.05, 3.63) is 65.2 Å². The molecular formula is C28H34Cl2F3N5O5S. The topological polar surface area (TPSA) is 138 Å². The highest BCUT2D eigenvalue weighted by Crippen LogP contribution is 2.40. The lowest BCUT2D eigenvalue weighted by Crippen LogP contribution is -2.41. The normalized spacial score (nSPS) is 15.6. The number of piperidine rings is 1. The maximum atomic E-state index is 14.2. The average Bonchev–Trinajstić information content (AvgIpc) is 3.46. The first-order chi connectivity index (χ1) is 19.8. The van der Waals surface area contributed by atoms with Gasteiger partial charge in [-0.3, -0.25) is 15.2 Å². The molecule has 4 rings (SSSR count). The smallest absolute Gasteiger partial charge is 0.420 e. The lowest BCUT2D eigenvalue weighted by atomic mass is 10.1. The minimum Gasteiger partial charge on any atom is -0.490 e. The minimum absolute atomic E-state index is 0. The van der Waals surface area contributed by atoms with Crippen LogP contribution >= 0.6 is 24.8 Å². The third-order valence-corrected chi connectivity index (χ3v) is 8.13. The van der Waals surface area contributed by atoms with Gasteiger partial charge in [0, 0.05) is 51.4 Å². The van der Waals surface area contributed by atoms with Gasteiger partial charge in [0.15, 0.2) is 0 Å². The molecule has 1 saturated heterocycles. The number of ether oxygens (including phenoxy) is 1. The number of amidine groups is 2. The number of hydrogen-bond acceptors (Lipinski definition) is 8. The standard InChI is InChI=1S/C28H32F3N5O5S.2ClH/c1-19(37)41-42(38,39)36(14-4-6-20-5-2-7-21(17-20)27(32)33)22-9-10-25(24(18-22)28(29,30)31)40-23-11-15-35(16-12-23)26-8-3-13-34-26;;/h2,4-7,9-10,17-18,23H,3,8,11-16H2,1H3,(H3,32,33);2*1H/b6-4+;;. The number of benzene rings is 2. The van der Waals surface area contributed by atoms with E-state index in [0.717, 1.165) is 38.2 Å². The predicted octanol–water partition coefficient (Wildman–Crippen LogP) is 5.20. The van der Waals surface area contributed by atoms with Crippen LogP contribution in [0.1, 0.15) is 49.3 Å². The van der Waals surface area contributed by atoms with Crippen LogP contribution in [0.3, 0.4) is 0 Å². The Morgan fingerprint density at radius 2 is 1.89 bits per heavy atom. The molecule has 2 aliphatic rings. The van der Waals surface area contributed by atoms with Crippen LogP contribution in [-0.2, 0) is 25.5 Å². The fraction of sp³-hybridized carbons (Fsp3) is 0.393. The summed E-state index contributed by atoms with van der Waals surface area (Å²) < 4.78 is 79.2. The molecule has 0 saturated carbocycles. The Balaban J connectivity index is 0.00000337. The van der Waals surface area contributed by atoms with Gasteiger partial charge in [-0.2, -0.15) is 21.6 Å². The zero-order chi connectivity index (χ0) is 30.5. The van der Waals surface area contributed by atoms with E-state index in [1.807, 2.05) is 0 Å². The lowest BCUT2D eigenvalue weighted by molar-refractivity contribution is -0.139. The van der Waals surface area contributed by atoms with Crippen LogP contribution in [0.15, 0.2) is 53.5 Å². The van der Waals surface area contributed by atoms with Gasteiger partial charge in [-0.05, 0) is 36.2 Å². The molecule has 2 aliphatic heterocycles. The Kier molecular flexibility index (Phi) is 12.9. The highest BCUT2D eigenvalue weighted by molar-refractivity contribution is 7.88. The SMILES string of the molecule is CC(=O)OS(=O)(=O)N(C/C=C/c1cccc(C(=N)N)c1)c1ccc(OC2CCN(C3=NCCC3)CC2)c(C(F)(F)F)c1.Cl.Cl. The summed E-state index contributed by atoms with van der Waals surface area (Å²) in [5.41, 5.74) is 4.99. The third-order valence-electron chi connectivity index (χ3n) is 6.78. The number of nitrogens with two attached hydrogens (primary N) is 1. The van der Waals surface area contributed by atoms with E-state index in [2.05, 4.69) is 14.1 Å². The second kappa shape index (κ2) is 15.5. The van der Waals surface area contributed by atoms with Gasteiger partial charge in [-0.1, -0.05) is 30.4 Å². The van der Waals surface area contributed by atoms with E-state index >= 15 is 0 Å². The molecule has 10 nitrogen and oxygen atoms in total. The molecule has 2 aromatic carbocycles. The number of hydrogen-bond donors (Lipinski definition) is 2. The Labute approximate surface area is 266 Å². The molecule has 16 heteroatoms. The van der Waals surface area contributed by atoms with E-state index in [9.17, 15) is 26.4 Å². The molecule has 242 valence electrons. The van der Waals surface area contributed by atoms with E-state index in [4.69, 9.17) is 15.9 Å². The quantitative estimate of drug-likeness (QED) is 0.275. The van der Waals surface area contributed by atoms with Crippen LogP contribution in [0.4, 0.5) is 18.9 Å². The van der Waals surface area contributed by atoms with Gasteiger partial charge < -0.3 is 19.6 Å². The molecule has 1 fully saturated rings. The molecule has 2 heterocycles. The van der Waals surface area contributed by atoms with E-state index in [-0.39, 0.29) is 36.3 Å². The van der Waals surface area contributed by atoms with Gasteiger partial charge in [0.05, 0.1) is 23.6 Å². The van der Waals surface area contributed by atoms with E-state index in [1.54, 1.807) is 24.3 Å². The molecule has 2 aromatic rings. The fourth-order valence-electron chi connectivity index (χ4n) is 4.80. The maximum absolute atomic E-state index is 14.2. The summed E-state index contributed by atoms with van der Waals surface area (Å²) in [4.78, 5) is 18.1. The van der Waals surface area contributed by atoms with Gasteiger partial charge in [0.1, 0.15) is 17.7 Å². The van der Waals surface area contributed by atoms with Gasteiger partial charge in [-0.15, -0.1) is 24.8 Å². The zero-order valence-corrected chi connectivity index (χ0v) is 26.2. The van der Waals surface area contributed by atoms with Crippen molar-refractivity contribution < 1.29 is 35.3 Å². The maximum Gasteiger partial charge on any atom is 0.420 e. The monoisotopic (exact) mass is 679 g/mol. The summed E-state index contributed by atoms with van der Waals surface area (Å²) >= 11 is 0. The number of likely N-dealkylation sites (tertiary alicyclic amines) is 1. The molecule has 0 radical (unpaired) electrons. The summed E-state index contributed by atoms with van der Waals surface area (Å²) in [6.45, 7) is 2.46. The van der Waals surface area contributed by atoms with E-state index in [1.165, 1.54) is 18.2 Å². The van der Waals surface area contributed by atoms with Crippen LogP contribution in [0, 0.1) is 5.41 Å². The van der Waals surface area contributed by atoms with Crippen LogP contribution < -0.4 is 14.8 Å². The molecule has 0 atom stereocenters. The number of aliphatic imine (C=N–C) groups is 1. The first-order valence-electron chi connectivity index (χ1n) is 13.3. The van der Waals surface area contributed by atoms with Crippen molar-refractivity contribution in [1.82, 2.24) is 4.90 Å². The highest BCUT2D eigenvalue weighted by Gasteiger charge is 2.37. The van der Waals surface area contributed by atoms with Crippen molar-refractivity contribution in [1.29, 1.82) is 5.41 Å². The largest absolute Gasteiger partial charge is 0.490 e. The molecule has 0 spiro atoms. The number of anilines is 1. The number of nitrogens with one attached hydrogen (secondary N) is 1. The highest BCUT2D eigenvalue weighted by atomic mass is 35.5. The van der Waals surface area contributed by atoms with Gasteiger partial charge in [0.25, 0.3) is 0 Å². The molecule has 0 bridgehead atoms. The molecular weight excluding hydrogens is 646 g/mol. The van der Waals surface area contributed by atoms with Crippen molar-refractivity contribution in [3.63, 3.8) is 0 Å². The first-order valence-corrected chi connectivity index (χ1v) is 14.7. The molecule has 0 aromatic heterocycles. The lowest BCUT2D eigenvalue weighted by Gasteiger charge is -2.34. The summed E-state index contributed by atoms with van der Waals surface area (Å²) in [5, 5.41) is 7.56. The van der Waals surface area contributed by atoms with Gasteiger partial charge >= 0.3 is 22.4 Å². The molecule has 44 heavy (non-hydrogen) atoms. The number of carbonyl (C=O) groups is 1. The molecule has 0 amide bonds. The van der Waals surface area contributed by atoms with E-state index in [0.29, 0.717) is 47.4 Å². The van der Waals surface area contributed by atoms with Crippen molar-refractivity contribution in [2.45, 2.75) is 44.9 Å². The average molecular weight is 681 g/mol. The number of halogens is 5. The van der Waals surface area contributed by atoms with Crippen molar-refractivity contribution in [2.24, 2.45) is 10.7 Å². The Hall–Kier alpha value is -3.49. The summed E-state index contributed by atoms with van der Waals surface area (Å²) in [5.74, 6) is -0.697. The number of alkyl halides is 3. The Morgan fingerprint density at radius 3 is 2.48 bits per heavy atom. The molecule has 3 N–H and O–H groups in total. The molecule has 0 aliphatic carbocycles. The molecule has 0 unspecified atom stereocenters.